The van der Waals surface area contributed by atoms with Crippen molar-refractivity contribution in [1.82, 2.24) is 0 Å². The van der Waals surface area contributed by atoms with Crippen molar-refractivity contribution in [2.45, 2.75) is 285 Å². The molecule has 336 valence electrons. The Kier molecular flexibility index (Phi) is 69.6. The van der Waals surface area contributed by atoms with Crippen molar-refractivity contribution in [3.8, 4) is 0 Å². The van der Waals surface area contributed by atoms with Crippen LogP contribution in [-0.2, 0) is 40.9 Å². The molecule has 0 saturated heterocycles. The maximum absolute atomic E-state index is 10.1. The van der Waals surface area contributed by atoms with Gasteiger partial charge in [-0.2, -0.15) is 0 Å². The third-order valence-electron chi connectivity index (χ3n) is 9.94. The van der Waals surface area contributed by atoms with Gasteiger partial charge in [0, 0.05) is 23.9 Å². The van der Waals surface area contributed by atoms with Crippen molar-refractivity contribution in [3.05, 3.63) is 0 Å². The second-order valence-electron chi connectivity index (χ2n) is 15.8. The molecule has 0 aliphatic carbocycles. The van der Waals surface area contributed by atoms with E-state index in [0.29, 0.717) is 0 Å². The molecule has 0 atom stereocenters. The first-order chi connectivity index (χ1) is 27.1. The summed E-state index contributed by atoms with van der Waals surface area (Å²) < 4.78 is 0. The van der Waals surface area contributed by atoms with Crippen LogP contribution in [0.4, 0.5) is 0 Å². The molecule has 0 spiro atoms. The molecule has 0 aromatic carbocycles. The monoisotopic (exact) mass is 845 g/mol. The minimum absolute atomic E-state index is 0. The van der Waals surface area contributed by atoms with E-state index in [1.807, 2.05) is 0 Å². The van der Waals surface area contributed by atoms with E-state index >= 15 is 0 Å². The first kappa shape index (κ1) is 64.7. The molecule has 0 unspecified atom stereocenters. The van der Waals surface area contributed by atoms with E-state index in [4.69, 9.17) is 0 Å². The first-order valence-corrected chi connectivity index (χ1v) is 23.9. The van der Waals surface area contributed by atoms with Crippen LogP contribution in [0.15, 0.2) is 0 Å². The quantitative estimate of drug-likeness (QED) is 0.0435. The molecule has 0 aliphatic heterocycles. The number of hydrogen-bond donors (Lipinski definition) is 0. The Morgan fingerprint density at radius 2 is 0.333 bits per heavy atom. The third kappa shape index (κ3) is 83.2. The van der Waals surface area contributed by atoms with E-state index in [1.165, 1.54) is 180 Å². The maximum Gasteiger partial charge on any atom is 4.00 e. The second kappa shape index (κ2) is 61.3. The maximum atomic E-state index is 10.1. The van der Waals surface area contributed by atoms with Gasteiger partial charge in [-0.15, -0.1) is 0 Å². The van der Waals surface area contributed by atoms with Crippen LogP contribution in [0.5, 0.6) is 0 Å². The van der Waals surface area contributed by atoms with E-state index in [1.54, 1.807) is 0 Å². The molecular formula is C48H92O8Ti. The normalized spacial score (nSPS) is 10.2. The molecule has 0 radical (unpaired) electrons. The number of rotatable bonds is 40. The Morgan fingerprint density at radius 3 is 0.439 bits per heavy atom. The summed E-state index contributed by atoms with van der Waals surface area (Å²) >= 11 is 0. The van der Waals surface area contributed by atoms with Crippen LogP contribution in [0.2, 0.25) is 0 Å². The second-order valence-corrected chi connectivity index (χ2v) is 15.8. The molecule has 0 aromatic heterocycles. The molecule has 0 fully saturated rings. The molecule has 0 aromatic rings. The summed E-state index contributed by atoms with van der Waals surface area (Å²) in [6.45, 7) is 8.89. The van der Waals surface area contributed by atoms with Gasteiger partial charge in [0.1, 0.15) is 0 Å². The summed E-state index contributed by atoms with van der Waals surface area (Å²) in [5, 5.41) is 40.4. The summed E-state index contributed by atoms with van der Waals surface area (Å²) in [4.78, 5) is 40.4. The molecule has 0 aliphatic rings. The molecule has 0 rings (SSSR count). The number of aliphatic carboxylic acids is 4. The zero-order valence-corrected chi connectivity index (χ0v) is 39.6. The Morgan fingerprint density at radius 1 is 0.228 bits per heavy atom. The van der Waals surface area contributed by atoms with Crippen molar-refractivity contribution in [2.75, 3.05) is 0 Å². The Balaban J connectivity index is -0.000000210. The van der Waals surface area contributed by atoms with Crippen LogP contribution in [-0.4, -0.2) is 23.9 Å². The molecular weight excluding hydrogens is 752 g/mol. The van der Waals surface area contributed by atoms with Crippen LogP contribution >= 0.6 is 0 Å². The number of carbonyl (C=O) groups excluding carboxylic acids is 4. The van der Waals surface area contributed by atoms with Crippen molar-refractivity contribution in [1.29, 1.82) is 0 Å². The molecule has 0 saturated carbocycles. The van der Waals surface area contributed by atoms with Gasteiger partial charge in [0.2, 0.25) is 0 Å². The number of carbonyl (C=O) groups is 4. The van der Waals surface area contributed by atoms with E-state index in [2.05, 4.69) is 27.7 Å². The van der Waals surface area contributed by atoms with Crippen LogP contribution < -0.4 is 20.4 Å². The zero-order valence-electron chi connectivity index (χ0n) is 38.1. The SMILES string of the molecule is CCCCCCCCCCCC(=O)[O-].CCCCCCCCCCCC(=O)[O-].CCCCCCCCCCCC(=O)[O-].CCCCCCCCCCCC(=O)[O-].[Ti+4]. The van der Waals surface area contributed by atoms with Gasteiger partial charge in [-0.3, -0.25) is 0 Å². The van der Waals surface area contributed by atoms with Gasteiger partial charge in [0.15, 0.2) is 0 Å². The standard InChI is InChI=1S/4C12H24O2.Ti/c4*1-2-3-4-5-6-7-8-9-10-11-12(13)14;/h4*2-11H2,1H3,(H,13,14);/q;;;;+4/p-4. The summed E-state index contributed by atoms with van der Waals surface area (Å²) in [5.74, 6) is -3.64. The van der Waals surface area contributed by atoms with Gasteiger partial charge < -0.3 is 39.6 Å². The van der Waals surface area contributed by atoms with Crippen LogP contribution in [0.1, 0.15) is 285 Å². The molecule has 0 amide bonds. The Bertz CT molecular complexity index is 664. The molecule has 0 N–H and O–H groups in total. The van der Waals surface area contributed by atoms with Gasteiger partial charge in [-0.1, -0.05) is 233 Å². The van der Waals surface area contributed by atoms with E-state index < -0.39 is 23.9 Å². The van der Waals surface area contributed by atoms with Crippen LogP contribution in [0.25, 0.3) is 0 Å². The summed E-state index contributed by atoms with van der Waals surface area (Å²) in [6.07, 6.45) is 44.7. The molecule has 0 heterocycles. The fourth-order valence-corrected chi connectivity index (χ4v) is 6.32. The Hall–Kier alpha value is -1.41. The summed E-state index contributed by atoms with van der Waals surface area (Å²) in [5.41, 5.74) is 0. The average Bonchev–Trinajstić information content (AvgIpc) is 3.15. The van der Waals surface area contributed by atoms with Crippen molar-refractivity contribution in [3.63, 3.8) is 0 Å². The molecule has 8 nitrogen and oxygen atoms in total. The molecule has 9 heteroatoms. The van der Waals surface area contributed by atoms with Gasteiger partial charge >= 0.3 is 21.7 Å². The topological polar surface area (TPSA) is 161 Å². The van der Waals surface area contributed by atoms with E-state index in [9.17, 15) is 39.6 Å². The molecule has 0 bridgehead atoms. The van der Waals surface area contributed by atoms with Crippen molar-refractivity contribution >= 4 is 23.9 Å². The predicted octanol–water partition coefficient (Wildman–Crippen LogP) is 10.6. The van der Waals surface area contributed by atoms with Crippen molar-refractivity contribution < 1.29 is 61.3 Å². The summed E-state index contributed by atoms with van der Waals surface area (Å²) in [6, 6.07) is 0. The predicted molar refractivity (Wildman–Crippen MR) is 227 cm³/mol. The van der Waals surface area contributed by atoms with Gasteiger partial charge in [0.05, 0.1) is 0 Å². The van der Waals surface area contributed by atoms with E-state index in [0.717, 1.165) is 51.4 Å². The first-order valence-electron chi connectivity index (χ1n) is 23.9. The smallest absolute Gasteiger partial charge is 0.550 e. The number of carboxylic acids is 4. The number of hydrogen-bond acceptors (Lipinski definition) is 8. The van der Waals surface area contributed by atoms with Crippen molar-refractivity contribution in [2.24, 2.45) is 0 Å². The third-order valence-corrected chi connectivity index (χ3v) is 9.94. The minimum Gasteiger partial charge on any atom is -0.550 e. The number of carboxylic acid groups (broad SMARTS) is 4. The van der Waals surface area contributed by atoms with Gasteiger partial charge in [-0.25, -0.2) is 0 Å². The van der Waals surface area contributed by atoms with E-state index in [-0.39, 0.29) is 47.4 Å². The van der Waals surface area contributed by atoms with Gasteiger partial charge in [0.25, 0.3) is 0 Å². The molecule has 57 heavy (non-hydrogen) atoms. The summed E-state index contributed by atoms with van der Waals surface area (Å²) in [7, 11) is 0. The largest absolute Gasteiger partial charge is 4.00 e. The fraction of sp³-hybridized carbons (Fsp3) is 0.917. The number of unbranched alkanes of at least 4 members (excludes halogenated alkanes) is 32. The zero-order chi connectivity index (χ0) is 42.6. The average molecular weight is 845 g/mol. The fourth-order valence-electron chi connectivity index (χ4n) is 6.32. The Labute approximate surface area is 368 Å². The minimum atomic E-state index is -0.909. The van der Waals surface area contributed by atoms with Crippen LogP contribution in [0, 0.1) is 0 Å². The van der Waals surface area contributed by atoms with Crippen LogP contribution in [0.3, 0.4) is 0 Å². The van der Waals surface area contributed by atoms with Gasteiger partial charge in [-0.05, 0) is 51.4 Å².